The van der Waals surface area contributed by atoms with Crippen LogP contribution in [0.25, 0.3) is 0 Å². The fourth-order valence-corrected chi connectivity index (χ4v) is 3.50. The van der Waals surface area contributed by atoms with E-state index in [0.29, 0.717) is 17.8 Å². The lowest BCUT2D eigenvalue weighted by Gasteiger charge is -2.04. The Morgan fingerprint density at radius 2 is 1.71 bits per heavy atom. The van der Waals surface area contributed by atoms with Crippen LogP contribution in [-0.4, -0.2) is 5.91 Å². The molecule has 0 spiro atoms. The minimum absolute atomic E-state index is 0.239. The van der Waals surface area contributed by atoms with Gasteiger partial charge in [0, 0.05) is 15.2 Å². The molecule has 1 aromatic rings. The lowest BCUT2D eigenvalue weighted by Crippen LogP contribution is -2.15. The second-order valence-electron chi connectivity index (χ2n) is 5.13. The molecule has 3 rings (SSSR count). The molecule has 90 valence electrons. The molecule has 1 amide bonds. The van der Waals surface area contributed by atoms with Gasteiger partial charge in [0.1, 0.15) is 0 Å². The first-order chi connectivity index (χ1) is 8.25. The van der Waals surface area contributed by atoms with Crippen LogP contribution in [0, 0.1) is 21.3 Å². The van der Waals surface area contributed by atoms with Gasteiger partial charge in [-0.2, -0.15) is 0 Å². The molecule has 2 fully saturated rings. The molecule has 2 nitrogen and oxygen atoms in total. The highest BCUT2D eigenvalue weighted by atomic mass is 127. The molecule has 0 aromatic heterocycles. The monoisotopic (exact) mass is 341 g/mol. The number of benzene rings is 1. The number of halogens is 1. The molecule has 0 radical (unpaired) electrons. The average molecular weight is 341 g/mol. The van der Waals surface area contributed by atoms with Crippen LogP contribution in [0.3, 0.4) is 0 Å². The van der Waals surface area contributed by atoms with E-state index in [1.54, 1.807) is 0 Å². The van der Waals surface area contributed by atoms with Gasteiger partial charge in [-0.05, 0) is 71.5 Å². The number of fused-ring (bicyclic) bond motifs is 1. The second kappa shape index (κ2) is 4.59. The van der Waals surface area contributed by atoms with Crippen molar-refractivity contribution in [1.29, 1.82) is 0 Å². The maximum absolute atomic E-state index is 12.1. The van der Waals surface area contributed by atoms with Crippen LogP contribution in [0.15, 0.2) is 24.3 Å². The third-order valence-corrected chi connectivity index (χ3v) is 4.79. The number of carbonyl (C=O) groups excluding carboxylic acids is 1. The Morgan fingerprint density at radius 3 is 2.29 bits per heavy atom. The Balaban J connectivity index is 1.62. The molecule has 2 aliphatic carbocycles. The van der Waals surface area contributed by atoms with E-state index in [2.05, 4.69) is 27.9 Å². The van der Waals surface area contributed by atoms with Crippen molar-refractivity contribution in [2.24, 2.45) is 17.8 Å². The summed E-state index contributed by atoms with van der Waals surface area (Å²) in [5, 5.41) is 3.05. The molecule has 3 heteroatoms. The Kier molecular flexibility index (Phi) is 3.11. The fourth-order valence-electron chi connectivity index (χ4n) is 3.14. The number of rotatable bonds is 2. The van der Waals surface area contributed by atoms with Gasteiger partial charge in [0.2, 0.25) is 5.91 Å². The van der Waals surface area contributed by atoms with Crippen molar-refractivity contribution in [3.63, 3.8) is 0 Å². The van der Waals surface area contributed by atoms with Gasteiger partial charge in [-0.15, -0.1) is 0 Å². The maximum Gasteiger partial charge on any atom is 0.228 e. The summed E-state index contributed by atoms with van der Waals surface area (Å²) in [6.07, 6.45) is 5.15. The molecular weight excluding hydrogens is 325 g/mol. The number of hydrogen-bond donors (Lipinski definition) is 1. The number of anilines is 1. The van der Waals surface area contributed by atoms with E-state index in [4.69, 9.17) is 0 Å². The van der Waals surface area contributed by atoms with E-state index in [-0.39, 0.29) is 5.91 Å². The van der Waals surface area contributed by atoms with Crippen LogP contribution in [0.2, 0.25) is 0 Å². The van der Waals surface area contributed by atoms with Crippen molar-refractivity contribution >= 4 is 34.2 Å². The zero-order valence-electron chi connectivity index (χ0n) is 9.66. The summed E-state index contributed by atoms with van der Waals surface area (Å²) in [6.45, 7) is 0. The molecule has 0 bridgehead atoms. The van der Waals surface area contributed by atoms with Crippen LogP contribution in [0.4, 0.5) is 5.69 Å². The van der Waals surface area contributed by atoms with Crippen molar-refractivity contribution < 1.29 is 4.79 Å². The molecule has 0 saturated heterocycles. The van der Waals surface area contributed by atoms with Gasteiger partial charge in [-0.25, -0.2) is 0 Å². The van der Waals surface area contributed by atoms with E-state index in [9.17, 15) is 4.79 Å². The van der Waals surface area contributed by atoms with Gasteiger partial charge in [-0.1, -0.05) is 12.8 Å². The zero-order valence-corrected chi connectivity index (χ0v) is 11.8. The molecule has 2 aliphatic rings. The first-order valence-electron chi connectivity index (χ1n) is 6.32. The van der Waals surface area contributed by atoms with Crippen LogP contribution in [0.5, 0.6) is 0 Å². The van der Waals surface area contributed by atoms with E-state index < -0.39 is 0 Å². The quantitative estimate of drug-likeness (QED) is 0.818. The van der Waals surface area contributed by atoms with Crippen molar-refractivity contribution in [2.45, 2.75) is 25.7 Å². The molecule has 2 saturated carbocycles. The van der Waals surface area contributed by atoms with Gasteiger partial charge in [0.15, 0.2) is 0 Å². The van der Waals surface area contributed by atoms with E-state index in [1.807, 2.05) is 24.3 Å². The molecule has 1 aromatic carbocycles. The Bertz CT molecular complexity index is 416. The normalized spacial score (nSPS) is 30.5. The van der Waals surface area contributed by atoms with Gasteiger partial charge in [0.05, 0.1) is 0 Å². The predicted octanol–water partition coefficient (Wildman–Crippen LogP) is 3.67. The first-order valence-corrected chi connectivity index (χ1v) is 7.40. The van der Waals surface area contributed by atoms with E-state index in [0.717, 1.165) is 5.69 Å². The number of amides is 1. The van der Waals surface area contributed by atoms with E-state index >= 15 is 0 Å². The fraction of sp³-hybridized carbons (Fsp3) is 0.500. The van der Waals surface area contributed by atoms with Gasteiger partial charge >= 0.3 is 0 Å². The van der Waals surface area contributed by atoms with Gasteiger partial charge < -0.3 is 5.32 Å². The highest BCUT2D eigenvalue weighted by Crippen LogP contribution is 2.55. The van der Waals surface area contributed by atoms with Crippen LogP contribution in [0.1, 0.15) is 25.7 Å². The third kappa shape index (κ3) is 2.34. The average Bonchev–Trinajstić information content (AvgIpc) is 3.06. The minimum atomic E-state index is 0.239. The molecule has 2 atom stereocenters. The molecular formula is C14H16INO. The number of carbonyl (C=O) groups is 1. The summed E-state index contributed by atoms with van der Waals surface area (Å²) in [5.41, 5.74) is 0.930. The predicted molar refractivity (Wildman–Crippen MR) is 76.7 cm³/mol. The molecule has 0 heterocycles. The van der Waals surface area contributed by atoms with Crippen LogP contribution < -0.4 is 5.32 Å². The summed E-state index contributed by atoms with van der Waals surface area (Å²) in [5.74, 6) is 1.92. The largest absolute Gasteiger partial charge is 0.326 e. The Labute approximate surface area is 115 Å². The third-order valence-electron chi connectivity index (χ3n) is 4.07. The summed E-state index contributed by atoms with van der Waals surface area (Å²) in [4.78, 5) is 12.1. The molecule has 0 aliphatic heterocycles. The standard InChI is InChI=1S/C14H16INO/c15-9-5-7-10(8-6-9)16-14(17)13-11-3-1-2-4-12(11)13/h5-8,11-13H,1-4H2,(H,16,17). The number of hydrogen-bond acceptors (Lipinski definition) is 1. The number of nitrogens with one attached hydrogen (secondary N) is 1. The maximum atomic E-state index is 12.1. The van der Waals surface area contributed by atoms with Crippen molar-refractivity contribution in [3.05, 3.63) is 27.8 Å². The van der Waals surface area contributed by atoms with Gasteiger partial charge in [-0.3, -0.25) is 4.79 Å². The topological polar surface area (TPSA) is 29.1 Å². The van der Waals surface area contributed by atoms with Crippen LogP contribution in [-0.2, 0) is 4.79 Å². The second-order valence-corrected chi connectivity index (χ2v) is 6.38. The van der Waals surface area contributed by atoms with Crippen molar-refractivity contribution in [1.82, 2.24) is 0 Å². The Morgan fingerprint density at radius 1 is 1.12 bits per heavy atom. The highest BCUT2D eigenvalue weighted by Gasteiger charge is 2.54. The van der Waals surface area contributed by atoms with E-state index in [1.165, 1.54) is 29.3 Å². The highest BCUT2D eigenvalue weighted by molar-refractivity contribution is 14.1. The molecule has 2 unspecified atom stereocenters. The first kappa shape index (κ1) is 11.5. The van der Waals surface area contributed by atoms with Gasteiger partial charge in [0.25, 0.3) is 0 Å². The van der Waals surface area contributed by atoms with Crippen LogP contribution >= 0.6 is 22.6 Å². The lowest BCUT2D eigenvalue weighted by atomic mass is 10.0. The summed E-state index contributed by atoms with van der Waals surface area (Å²) in [6, 6.07) is 8.00. The smallest absolute Gasteiger partial charge is 0.228 e. The summed E-state index contributed by atoms with van der Waals surface area (Å²) < 4.78 is 1.20. The molecule has 1 N–H and O–H groups in total. The molecule has 17 heavy (non-hydrogen) atoms. The van der Waals surface area contributed by atoms with Crippen molar-refractivity contribution in [3.8, 4) is 0 Å². The summed E-state index contributed by atoms with van der Waals surface area (Å²) >= 11 is 2.27. The van der Waals surface area contributed by atoms with Crippen molar-refractivity contribution in [2.75, 3.05) is 5.32 Å². The summed E-state index contributed by atoms with van der Waals surface area (Å²) in [7, 11) is 0. The Hall–Kier alpha value is -0.580. The SMILES string of the molecule is O=C(Nc1ccc(I)cc1)C1C2CCCCC21. The zero-order chi connectivity index (χ0) is 11.8. The minimum Gasteiger partial charge on any atom is -0.326 e. The lowest BCUT2D eigenvalue weighted by molar-refractivity contribution is -0.117.